The summed E-state index contributed by atoms with van der Waals surface area (Å²) < 4.78 is 4.84. The number of esters is 1. The van der Waals surface area contributed by atoms with E-state index in [9.17, 15) is 4.79 Å². The molecule has 0 aliphatic rings. The minimum Gasteiger partial charge on any atom is -0.468 e. The van der Waals surface area contributed by atoms with E-state index in [1.807, 2.05) is 0 Å². The quantitative estimate of drug-likeness (QED) is 0.608. The van der Waals surface area contributed by atoms with Gasteiger partial charge < -0.3 is 15.0 Å². The maximum absolute atomic E-state index is 11.6. The summed E-state index contributed by atoms with van der Waals surface area (Å²) in [6, 6.07) is -0.170. The molecule has 0 aliphatic heterocycles. The second kappa shape index (κ2) is 10.3. The number of hydrogen-bond donors (Lipinski definition) is 1. The van der Waals surface area contributed by atoms with Crippen molar-refractivity contribution in [1.82, 2.24) is 10.2 Å². The summed E-state index contributed by atoms with van der Waals surface area (Å²) in [5, 5.41) is 3.25. The van der Waals surface area contributed by atoms with Gasteiger partial charge in [0.1, 0.15) is 6.04 Å². The molecule has 4 heteroatoms. The largest absolute Gasteiger partial charge is 0.468 e. The third-order valence-corrected chi connectivity index (χ3v) is 2.93. The van der Waals surface area contributed by atoms with Crippen LogP contribution in [0.25, 0.3) is 0 Å². The van der Waals surface area contributed by atoms with Gasteiger partial charge in [-0.15, -0.1) is 0 Å². The van der Waals surface area contributed by atoms with Crippen molar-refractivity contribution >= 4 is 5.97 Å². The van der Waals surface area contributed by atoms with Crippen molar-refractivity contribution in [3.05, 3.63) is 0 Å². The summed E-state index contributed by atoms with van der Waals surface area (Å²) in [5.41, 5.74) is 0. The van der Waals surface area contributed by atoms with Gasteiger partial charge in [-0.05, 0) is 31.8 Å². The lowest BCUT2D eigenvalue weighted by Gasteiger charge is -2.25. The van der Waals surface area contributed by atoms with Crippen LogP contribution in [0.3, 0.4) is 0 Å². The first kappa shape index (κ1) is 17.4. The lowest BCUT2D eigenvalue weighted by atomic mass is 10.1. The molecule has 0 saturated carbocycles. The van der Waals surface area contributed by atoms with Crippen molar-refractivity contribution in [1.29, 1.82) is 0 Å². The van der Waals surface area contributed by atoms with Crippen LogP contribution in [0.5, 0.6) is 0 Å². The number of rotatable bonds is 10. The summed E-state index contributed by atoms with van der Waals surface area (Å²) in [6.45, 7) is 12.6. The van der Waals surface area contributed by atoms with Crippen molar-refractivity contribution in [3.63, 3.8) is 0 Å². The van der Waals surface area contributed by atoms with Gasteiger partial charge in [0, 0.05) is 13.1 Å². The highest BCUT2D eigenvalue weighted by molar-refractivity contribution is 5.75. The molecule has 1 N–H and O–H groups in total. The van der Waals surface area contributed by atoms with E-state index in [0.29, 0.717) is 5.92 Å². The third kappa shape index (κ3) is 7.67. The van der Waals surface area contributed by atoms with E-state index < -0.39 is 0 Å². The molecule has 0 aromatic rings. The molecule has 1 atom stereocenters. The Kier molecular flexibility index (Phi) is 9.98. The molecule has 0 fully saturated rings. The van der Waals surface area contributed by atoms with Crippen molar-refractivity contribution in [2.45, 2.75) is 46.6 Å². The van der Waals surface area contributed by atoms with Gasteiger partial charge in [0.15, 0.2) is 0 Å². The molecule has 0 amide bonds. The van der Waals surface area contributed by atoms with Crippen LogP contribution in [-0.4, -0.2) is 50.2 Å². The lowest BCUT2D eigenvalue weighted by Crippen LogP contribution is -2.41. The molecule has 0 heterocycles. The van der Waals surface area contributed by atoms with Crippen LogP contribution in [0.1, 0.15) is 40.5 Å². The first-order chi connectivity index (χ1) is 8.54. The molecule has 1 unspecified atom stereocenters. The monoisotopic (exact) mass is 258 g/mol. The average Bonchev–Trinajstić information content (AvgIpc) is 2.35. The average molecular weight is 258 g/mol. The second-order valence-corrected chi connectivity index (χ2v) is 5.11. The predicted molar refractivity (Wildman–Crippen MR) is 75.7 cm³/mol. The Labute approximate surface area is 112 Å². The van der Waals surface area contributed by atoms with Crippen molar-refractivity contribution in [2.24, 2.45) is 5.92 Å². The number of methoxy groups -OCH3 is 1. The maximum Gasteiger partial charge on any atom is 0.322 e. The first-order valence-electron chi connectivity index (χ1n) is 7.08. The fourth-order valence-corrected chi connectivity index (χ4v) is 1.97. The molecule has 0 bridgehead atoms. The second-order valence-electron chi connectivity index (χ2n) is 5.11. The molecule has 0 aromatic heterocycles. The zero-order valence-electron chi connectivity index (χ0n) is 12.7. The molecule has 0 aliphatic carbocycles. The number of ether oxygens (including phenoxy) is 1. The Morgan fingerprint density at radius 1 is 1.33 bits per heavy atom. The molecular weight excluding hydrogens is 228 g/mol. The number of carbonyl (C=O) groups excluding carboxylic acids is 1. The minimum atomic E-state index is -0.170. The molecular formula is C14H30N2O2. The van der Waals surface area contributed by atoms with Gasteiger partial charge in [0.2, 0.25) is 0 Å². The van der Waals surface area contributed by atoms with Crippen LogP contribution in [0.2, 0.25) is 0 Å². The molecule has 4 nitrogen and oxygen atoms in total. The van der Waals surface area contributed by atoms with Crippen LogP contribution >= 0.6 is 0 Å². The SMILES string of the molecule is CCCNC(CCN(CC)CC(C)C)C(=O)OC. The fraction of sp³-hybridized carbons (Fsp3) is 0.929. The summed E-state index contributed by atoms with van der Waals surface area (Å²) in [4.78, 5) is 14.0. The van der Waals surface area contributed by atoms with Crippen molar-refractivity contribution < 1.29 is 9.53 Å². The van der Waals surface area contributed by atoms with E-state index in [-0.39, 0.29) is 12.0 Å². The zero-order chi connectivity index (χ0) is 14.0. The summed E-state index contributed by atoms with van der Waals surface area (Å²) in [5.74, 6) is 0.508. The number of carbonyl (C=O) groups is 1. The summed E-state index contributed by atoms with van der Waals surface area (Å²) >= 11 is 0. The molecule has 108 valence electrons. The Morgan fingerprint density at radius 3 is 2.44 bits per heavy atom. The maximum atomic E-state index is 11.6. The van der Waals surface area contributed by atoms with E-state index in [1.54, 1.807) is 0 Å². The van der Waals surface area contributed by atoms with Gasteiger partial charge in [-0.1, -0.05) is 27.7 Å². The van der Waals surface area contributed by atoms with Crippen molar-refractivity contribution in [3.8, 4) is 0 Å². The smallest absolute Gasteiger partial charge is 0.322 e. The Bertz CT molecular complexity index is 220. The topological polar surface area (TPSA) is 41.6 Å². The first-order valence-corrected chi connectivity index (χ1v) is 7.08. The van der Waals surface area contributed by atoms with Crippen LogP contribution in [0, 0.1) is 5.92 Å². The Morgan fingerprint density at radius 2 is 2.00 bits per heavy atom. The van der Waals surface area contributed by atoms with Gasteiger partial charge in [-0.25, -0.2) is 0 Å². The van der Waals surface area contributed by atoms with E-state index in [4.69, 9.17) is 4.74 Å². The van der Waals surface area contributed by atoms with E-state index in [2.05, 4.69) is 37.9 Å². The van der Waals surface area contributed by atoms with Gasteiger partial charge in [0.05, 0.1) is 7.11 Å². The van der Waals surface area contributed by atoms with Crippen LogP contribution < -0.4 is 5.32 Å². The molecule has 0 spiro atoms. The van der Waals surface area contributed by atoms with Gasteiger partial charge in [-0.3, -0.25) is 4.79 Å². The highest BCUT2D eigenvalue weighted by Gasteiger charge is 2.19. The minimum absolute atomic E-state index is 0.149. The van der Waals surface area contributed by atoms with Crippen LogP contribution in [0.15, 0.2) is 0 Å². The predicted octanol–water partition coefficient (Wildman–Crippen LogP) is 1.90. The highest BCUT2D eigenvalue weighted by atomic mass is 16.5. The van der Waals surface area contributed by atoms with Crippen LogP contribution in [-0.2, 0) is 9.53 Å². The summed E-state index contributed by atoms with van der Waals surface area (Å²) in [7, 11) is 1.45. The number of nitrogens with one attached hydrogen (secondary N) is 1. The van der Waals surface area contributed by atoms with E-state index in [0.717, 1.165) is 39.0 Å². The van der Waals surface area contributed by atoms with E-state index in [1.165, 1.54) is 7.11 Å². The zero-order valence-corrected chi connectivity index (χ0v) is 12.7. The van der Waals surface area contributed by atoms with Gasteiger partial charge in [0.25, 0.3) is 0 Å². The Balaban J connectivity index is 4.17. The molecule has 0 saturated heterocycles. The standard InChI is InChI=1S/C14H30N2O2/c1-6-9-15-13(14(17)18-5)8-10-16(7-2)11-12(3)4/h12-13,15H,6-11H2,1-5H3. The number of hydrogen-bond acceptors (Lipinski definition) is 4. The van der Waals surface area contributed by atoms with Gasteiger partial charge in [-0.2, -0.15) is 0 Å². The van der Waals surface area contributed by atoms with Crippen molar-refractivity contribution in [2.75, 3.05) is 33.3 Å². The molecule has 0 rings (SSSR count). The normalized spacial score (nSPS) is 13.1. The number of nitrogens with zero attached hydrogens (tertiary/aromatic N) is 1. The van der Waals surface area contributed by atoms with E-state index >= 15 is 0 Å². The summed E-state index contributed by atoms with van der Waals surface area (Å²) in [6.07, 6.45) is 1.84. The lowest BCUT2D eigenvalue weighted by molar-refractivity contribution is -0.143. The van der Waals surface area contributed by atoms with Crippen LogP contribution in [0.4, 0.5) is 0 Å². The third-order valence-electron chi connectivity index (χ3n) is 2.93. The molecule has 0 aromatic carbocycles. The molecule has 18 heavy (non-hydrogen) atoms. The molecule has 0 radical (unpaired) electrons. The highest BCUT2D eigenvalue weighted by Crippen LogP contribution is 2.03. The fourth-order valence-electron chi connectivity index (χ4n) is 1.97. The van der Waals surface area contributed by atoms with Gasteiger partial charge >= 0.3 is 5.97 Å². The Hall–Kier alpha value is -0.610.